The SMILES string of the molecule is Cc1c(C(=O)NC2(C(N)=S)CCCC2)cnn1C. The first-order valence-corrected chi connectivity index (χ1v) is 6.48. The second-order valence-electron chi connectivity index (χ2n) is 4.87. The Morgan fingerprint density at radius 1 is 1.56 bits per heavy atom. The average Bonchev–Trinajstić information content (AvgIpc) is 2.89. The maximum atomic E-state index is 12.3. The van der Waals surface area contributed by atoms with E-state index in [1.807, 2.05) is 14.0 Å². The maximum Gasteiger partial charge on any atom is 0.255 e. The number of hydrogen-bond donors (Lipinski definition) is 2. The molecule has 18 heavy (non-hydrogen) atoms. The van der Waals surface area contributed by atoms with Gasteiger partial charge in [-0.15, -0.1) is 0 Å². The Morgan fingerprint density at radius 2 is 2.17 bits per heavy atom. The molecule has 0 aromatic carbocycles. The van der Waals surface area contributed by atoms with Gasteiger partial charge in [0, 0.05) is 12.7 Å². The largest absolute Gasteiger partial charge is 0.391 e. The third kappa shape index (κ3) is 2.12. The van der Waals surface area contributed by atoms with E-state index in [4.69, 9.17) is 18.0 Å². The summed E-state index contributed by atoms with van der Waals surface area (Å²) in [6.45, 7) is 1.87. The molecule has 0 aliphatic heterocycles. The van der Waals surface area contributed by atoms with Crippen molar-refractivity contribution in [3.8, 4) is 0 Å². The van der Waals surface area contributed by atoms with Crippen molar-refractivity contribution in [2.75, 3.05) is 0 Å². The normalized spacial score (nSPS) is 17.7. The molecule has 1 saturated carbocycles. The third-order valence-electron chi connectivity index (χ3n) is 3.76. The Labute approximate surface area is 112 Å². The summed E-state index contributed by atoms with van der Waals surface area (Å²) in [6, 6.07) is 0. The standard InChI is InChI=1S/C12H18N4OS/c1-8-9(7-14-16(8)2)10(17)15-12(11(13)18)5-3-4-6-12/h7H,3-6H2,1-2H3,(H2,13,18)(H,15,17). The molecule has 1 amide bonds. The highest BCUT2D eigenvalue weighted by Crippen LogP contribution is 2.30. The molecule has 3 N–H and O–H groups in total. The predicted octanol–water partition coefficient (Wildman–Crippen LogP) is 1.06. The topological polar surface area (TPSA) is 72.9 Å². The number of carbonyl (C=O) groups is 1. The van der Waals surface area contributed by atoms with Crippen LogP contribution in [0.4, 0.5) is 0 Å². The van der Waals surface area contributed by atoms with Gasteiger partial charge in [-0.2, -0.15) is 5.10 Å². The van der Waals surface area contributed by atoms with E-state index in [1.54, 1.807) is 10.9 Å². The van der Waals surface area contributed by atoms with Crippen LogP contribution in [-0.4, -0.2) is 26.2 Å². The Morgan fingerprint density at radius 3 is 2.61 bits per heavy atom. The van der Waals surface area contributed by atoms with Gasteiger partial charge < -0.3 is 11.1 Å². The first kappa shape index (κ1) is 13.0. The quantitative estimate of drug-likeness (QED) is 0.802. The van der Waals surface area contributed by atoms with Gasteiger partial charge in [0.05, 0.1) is 22.3 Å². The van der Waals surface area contributed by atoms with Gasteiger partial charge in [-0.3, -0.25) is 9.48 Å². The summed E-state index contributed by atoms with van der Waals surface area (Å²) >= 11 is 5.12. The summed E-state index contributed by atoms with van der Waals surface area (Å²) in [5.41, 5.74) is 6.71. The molecule has 0 saturated heterocycles. The Hall–Kier alpha value is -1.43. The molecule has 0 atom stereocenters. The van der Waals surface area contributed by atoms with Crippen LogP contribution in [0.2, 0.25) is 0 Å². The van der Waals surface area contributed by atoms with E-state index in [9.17, 15) is 4.79 Å². The van der Waals surface area contributed by atoms with Gasteiger partial charge in [-0.25, -0.2) is 0 Å². The lowest BCUT2D eigenvalue weighted by molar-refractivity contribution is 0.0923. The van der Waals surface area contributed by atoms with Gasteiger partial charge in [-0.05, 0) is 19.8 Å². The molecular formula is C12H18N4OS. The smallest absolute Gasteiger partial charge is 0.255 e. The number of aromatic nitrogens is 2. The zero-order valence-electron chi connectivity index (χ0n) is 10.7. The highest BCUT2D eigenvalue weighted by atomic mass is 32.1. The fraction of sp³-hybridized carbons (Fsp3) is 0.583. The lowest BCUT2D eigenvalue weighted by Gasteiger charge is -2.28. The molecule has 1 aliphatic carbocycles. The van der Waals surface area contributed by atoms with Crippen LogP contribution < -0.4 is 11.1 Å². The van der Waals surface area contributed by atoms with Crippen molar-refractivity contribution < 1.29 is 4.79 Å². The van der Waals surface area contributed by atoms with Gasteiger partial charge in [0.1, 0.15) is 0 Å². The molecule has 5 nitrogen and oxygen atoms in total. The highest BCUT2D eigenvalue weighted by Gasteiger charge is 2.38. The number of nitrogens with one attached hydrogen (secondary N) is 1. The molecule has 98 valence electrons. The number of nitrogens with two attached hydrogens (primary N) is 1. The van der Waals surface area contributed by atoms with Crippen molar-refractivity contribution in [3.63, 3.8) is 0 Å². The monoisotopic (exact) mass is 266 g/mol. The molecule has 6 heteroatoms. The molecule has 0 radical (unpaired) electrons. The van der Waals surface area contributed by atoms with Gasteiger partial charge in [0.15, 0.2) is 0 Å². The summed E-state index contributed by atoms with van der Waals surface area (Å²) in [4.78, 5) is 12.6. The van der Waals surface area contributed by atoms with Crippen LogP contribution in [0.3, 0.4) is 0 Å². The average molecular weight is 266 g/mol. The first-order chi connectivity index (χ1) is 8.46. The van der Waals surface area contributed by atoms with E-state index in [1.165, 1.54) is 0 Å². The molecule has 0 spiro atoms. The van der Waals surface area contributed by atoms with Crippen molar-refractivity contribution in [3.05, 3.63) is 17.5 Å². The minimum absolute atomic E-state index is 0.143. The van der Waals surface area contributed by atoms with Gasteiger partial charge in [-0.1, -0.05) is 25.1 Å². The maximum absolute atomic E-state index is 12.3. The lowest BCUT2D eigenvalue weighted by atomic mass is 9.97. The fourth-order valence-electron chi connectivity index (χ4n) is 2.42. The third-order valence-corrected chi connectivity index (χ3v) is 4.15. The minimum atomic E-state index is -0.505. The number of hydrogen-bond acceptors (Lipinski definition) is 3. The summed E-state index contributed by atoms with van der Waals surface area (Å²) in [6.07, 6.45) is 5.32. The van der Waals surface area contributed by atoms with Crippen molar-refractivity contribution in [1.29, 1.82) is 0 Å². The van der Waals surface area contributed by atoms with E-state index < -0.39 is 5.54 Å². The number of thiocarbonyl (C=S) groups is 1. The summed E-state index contributed by atoms with van der Waals surface area (Å²) in [5.74, 6) is -0.143. The second kappa shape index (κ2) is 4.68. The molecule has 1 fully saturated rings. The molecule has 1 aromatic heterocycles. The van der Waals surface area contributed by atoms with Gasteiger partial charge in [0.25, 0.3) is 5.91 Å². The van der Waals surface area contributed by atoms with E-state index in [0.717, 1.165) is 31.4 Å². The Bertz CT molecular complexity index is 488. The predicted molar refractivity (Wildman–Crippen MR) is 73.4 cm³/mol. The van der Waals surface area contributed by atoms with Crippen LogP contribution in [0.5, 0.6) is 0 Å². The van der Waals surface area contributed by atoms with Crippen LogP contribution in [0.1, 0.15) is 41.7 Å². The fourth-order valence-corrected chi connectivity index (χ4v) is 2.67. The van der Waals surface area contributed by atoms with E-state index >= 15 is 0 Å². The highest BCUT2D eigenvalue weighted by molar-refractivity contribution is 7.80. The summed E-state index contributed by atoms with van der Waals surface area (Å²) in [7, 11) is 1.81. The van der Waals surface area contributed by atoms with Crippen LogP contribution in [-0.2, 0) is 7.05 Å². The molecule has 1 aromatic rings. The Balaban J connectivity index is 2.20. The number of aryl methyl sites for hydroxylation is 1. The molecule has 0 unspecified atom stereocenters. The van der Waals surface area contributed by atoms with Crippen molar-refractivity contribution in [2.45, 2.75) is 38.1 Å². The second-order valence-corrected chi connectivity index (χ2v) is 5.31. The number of nitrogens with zero attached hydrogens (tertiary/aromatic N) is 2. The van der Waals surface area contributed by atoms with Crippen molar-refractivity contribution in [2.24, 2.45) is 12.8 Å². The molecular weight excluding hydrogens is 248 g/mol. The van der Waals surface area contributed by atoms with Gasteiger partial charge >= 0.3 is 0 Å². The molecule has 2 rings (SSSR count). The van der Waals surface area contributed by atoms with Crippen LogP contribution in [0.15, 0.2) is 6.20 Å². The zero-order chi connectivity index (χ0) is 13.3. The lowest BCUT2D eigenvalue weighted by Crippen LogP contribution is -2.54. The van der Waals surface area contributed by atoms with E-state index in [2.05, 4.69) is 10.4 Å². The van der Waals surface area contributed by atoms with Crippen LogP contribution in [0, 0.1) is 6.92 Å². The number of rotatable bonds is 3. The van der Waals surface area contributed by atoms with E-state index in [0.29, 0.717) is 10.6 Å². The first-order valence-electron chi connectivity index (χ1n) is 6.07. The number of amides is 1. The minimum Gasteiger partial charge on any atom is -0.391 e. The van der Waals surface area contributed by atoms with Crippen molar-refractivity contribution >= 4 is 23.1 Å². The molecule has 1 heterocycles. The zero-order valence-corrected chi connectivity index (χ0v) is 11.5. The summed E-state index contributed by atoms with van der Waals surface area (Å²) < 4.78 is 1.68. The van der Waals surface area contributed by atoms with Crippen LogP contribution >= 0.6 is 12.2 Å². The van der Waals surface area contributed by atoms with E-state index in [-0.39, 0.29) is 5.91 Å². The van der Waals surface area contributed by atoms with Crippen molar-refractivity contribution in [1.82, 2.24) is 15.1 Å². The Kier molecular flexibility index (Phi) is 3.38. The number of carbonyl (C=O) groups excluding carboxylic acids is 1. The summed E-state index contributed by atoms with van der Waals surface area (Å²) in [5, 5.41) is 7.07. The molecule has 0 bridgehead atoms. The molecule has 1 aliphatic rings. The van der Waals surface area contributed by atoms with Gasteiger partial charge in [0.2, 0.25) is 0 Å². The van der Waals surface area contributed by atoms with Crippen LogP contribution in [0.25, 0.3) is 0 Å².